The molecule has 7 aromatic carbocycles. The Balaban J connectivity index is 1.20. The van der Waals surface area contributed by atoms with Crippen molar-refractivity contribution in [3.05, 3.63) is 164 Å². The first-order valence-electron chi connectivity index (χ1n) is 15.2. The van der Waals surface area contributed by atoms with Crippen LogP contribution in [0.4, 0.5) is 17.1 Å². The lowest BCUT2D eigenvalue weighted by Crippen LogP contribution is -2.09. The van der Waals surface area contributed by atoms with E-state index < -0.39 is 0 Å². The van der Waals surface area contributed by atoms with Gasteiger partial charge in [-0.05, 0) is 76.9 Å². The van der Waals surface area contributed by atoms with Crippen molar-refractivity contribution in [3.63, 3.8) is 0 Å². The van der Waals surface area contributed by atoms with Crippen molar-refractivity contribution >= 4 is 60.9 Å². The second kappa shape index (κ2) is 10.3. The van der Waals surface area contributed by atoms with E-state index in [1.165, 1.54) is 22.3 Å². The minimum Gasteiger partial charge on any atom is -0.456 e. The highest BCUT2D eigenvalue weighted by atomic mass is 16.3. The molecular weight excluding hydrogens is 550 g/mol. The van der Waals surface area contributed by atoms with Gasteiger partial charge in [-0.1, -0.05) is 103 Å². The standard InChI is InChI=1S/C42H27NO2/c1-3-9-28(10-4-1)30-15-19-32(20-16-30)43(33-21-17-31(18-22-33)29-11-5-2-6-12-29)34-23-24-36-40(27-34)45-39-26-25-38-41(42(36)39)35-13-7-8-14-37(35)44-38/h1-27H. The summed E-state index contributed by atoms with van der Waals surface area (Å²) in [6, 6.07) is 57.3. The lowest BCUT2D eigenvalue weighted by atomic mass is 10.0. The summed E-state index contributed by atoms with van der Waals surface area (Å²) in [6.45, 7) is 0. The fourth-order valence-corrected chi connectivity index (χ4v) is 6.52. The lowest BCUT2D eigenvalue weighted by Gasteiger charge is -2.26. The van der Waals surface area contributed by atoms with Gasteiger partial charge < -0.3 is 13.7 Å². The molecule has 0 radical (unpaired) electrons. The van der Waals surface area contributed by atoms with Crippen LogP contribution in [0.25, 0.3) is 66.1 Å². The van der Waals surface area contributed by atoms with Gasteiger partial charge in [-0.3, -0.25) is 0 Å². The number of anilines is 3. The first kappa shape index (κ1) is 25.4. The van der Waals surface area contributed by atoms with Crippen molar-refractivity contribution in [1.29, 1.82) is 0 Å². The van der Waals surface area contributed by atoms with Crippen molar-refractivity contribution in [3.8, 4) is 22.3 Å². The van der Waals surface area contributed by atoms with Crippen LogP contribution in [0.3, 0.4) is 0 Å². The summed E-state index contributed by atoms with van der Waals surface area (Å²) in [7, 11) is 0. The largest absolute Gasteiger partial charge is 0.456 e. The molecule has 9 aromatic rings. The highest BCUT2D eigenvalue weighted by Gasteiger charge is 2.19. The van der Waals surface area contributed by atoms with Gasteiger partial charge in [0.2, 0.25) is 0 Å². The Kier molecular flexibility index (Phi) is 5.82. The van der Waals surface area contributed by atoms with E-state index in [2.05, 4.69) is 132 Å². The monoisotopic (exact) mass is 577 g/mol. The number of nitrogens with zero attached hydrogens (tertiary/aromatic N) is 1. The SMILES string of the molecule is c1ccc(-c2ccc(N(c3ccc(-c4ccccc4)cc3)c3ccc4c(c3)oc3ccc5oc6ccccc6c5c34)cc2)cc1. The van der Waals surface area contributed by atoms with Crippen LogP contribution in [-0.4, -0.2) is 0 Å². The maximum absolute atomic E-state index is 6.53. The fourth-order valence-electron chi connectivity index (χ4n) is 6.52. The van der Waals surface area contributed by atoms with Gasteiger partial charge in [0.05, 0.1) is 0 Å². The highest BCUT2D eigenvalue weighted by Crippen LogP contribution is 2.43. The van der Waals surface area contributed by atoms with Crippen molar-refractivity contribution in [2.45, 2.75) is 0 Å². The molecule has 0 fully saturated rings. The average Bonchev–Trinajstić information content (AvgIpc) is 3.67. The summed E-state index contributed by atoms with van der Waals surface area (Å²) >= 11 is 0. The van der Waals surface area contributed by atoms with Crippen LogP contribution < -0.4 is 4.90 Å². The van der Waals surface area contributed by atoms with Gasteiger partial charge in [-0.25, -0.2) is 0 Å². The molecule has 0 atom stereocenters. The normalized spacial score (nSPS) is 11.6. The van der Waals surface area contributed by atoms with Crippen molar-refractivity contribution in [2.75, 3.05) is 4.90 Å². The van der Waals surface area contributed by atoms with Crippen LogP contribution in [0.5, 0.6) is 0 Å². The molecule has 2 aromatic heterocycles. The number of para-hydroxylation sites is 1. The average molecular weight is 578 g/mol. The summed E-state index contributed by atoms with van der Waals surface area (Å²) in [5, 5.41) is 4.36. The zero-order valence-electron chi connectivity index (χ0n) is 24.4. The molecule has 0 spiro atoms. The Labute approximate surface area is 260 Å². The molecule has 0 saturated carbocycles. The quantitative estimate of drug-likeness (QED) is 0.204. The Morgan fingerprint density at radius 1 is 0.311 bits per heavy atom. The van der Waals surface area contributed by atoms with E-state index in [0.29, 0.717) is 0 Å². The minimum absolute atomic E-state index is 0.840. The number of hydrogen-bond acceptors (Lipinski definition) is 3. The summed E-state index contributed by atoms with van der Waals surface area (Å²) in [5.41, 5.74) is 11.4. The number of rotatable bonds is 5. The molecule has 0 N–H and O–H groups in total. The predicted molar refractivity (Wildman–Crippen MR) is 187 cm³/mol. The van der Waals surface area contributed by atoms with Gasteiger partial charge in [0.15, 0.2) is 0 Å². The Bertz CT molecular complexity index is 2370. The molecule has 45 heavy (non-hydrogen) atoms. The van der Waals surface area contributed by atoms with Crippen LogP contribution in [0.15, 0.2) is 173 Å². The second-order valence-electron chi connectivity index (χ2n) is 11.4. The Hall–Kier alpha value is -6.06. The van der Waals surface area contributed by atoms with Gasteiger partial charge in [-0.15, -0.1) is 0 Å². The third kappa shape index (κ3) is 4.29. The van der Waals surface area contributed by atoms with Crippen LogP contribution in [0.1, 0.15) is 0 Å². The van der Waals surface area contributed by atoms with Gasteiger partial charge in [0.25, 0.3) is 0 Å². The van der Waals surface area contributed by atoms with Gasteiger partial charge in [0.1, 0.15) is 22.3 Å². The van der Waals surface area contributed by atoms with E-state index in [9.17, 15) is 0 Å². The molecule has 2 heterocycles. The smallest absolute Gasteiger partial charge is 0.137 e. The summed E-state index contributed by atoms with van der Waals surface area (Å²) in [4.78, 5) is 2.29. The lowest BCUT2D eigenvalue weighted by molar-refractivity contribution is 0.663. The zero-order chi connectivity index (χ0) is 29.7. The maximum Gasteiger partial charge on any atom is 0.137 e. The predicted octanol–water partition coefficient (Wildman–Crippen LogP) is 12.3. The molecule has 0 aliphatic carbocycles. The van der Waals surface area contributed by atoms with Crippen LogP contribution in [0.2, 0.25) is 0 Å². The molecular formula is C42H27NO2. The third-order valence-electron chi connectivity index (χ3n) is 8.68. The molecule has 0 saturated heterocycles. The molecule has 0 bridgehead atoms. The van der Waals surface area contributed by atoms with Crippen LogP contribution in [0, 0.1) is 0 Å². The molecule has 3 nitrogen and oxygen atoms in total. The van der Waals surface area contributed by atoms with Gasteiger partial charge in [-0.2, -0.15) is 0 Å². The summed E-state index contributed by atoms with van der Waals surface area (Å²) in [5.74, 6) is 0. The summed E-state index contributed by atoms with van der Waals surface area (Å²) in [6.07, 6.45) is 0. The Morgan fingerprint density at radius 3 is 1.33 bits per heavy atom. The molecule has 9 rings (SSSR count). The number of fused-ring (bicyclic) bond motifs is 7. The number of hydrogen-bond donors (Lipinski definition) is 0. The van der Waals surface area contributed by atoms with E-state index in [4.69, 9.17) is 8.83 Å². The molecule has 0 aliphatic rings. The van der Waals surface area contributed by atoms with Crippen LogP contribution in [-0.2, 0) is 0 Å². The maximum atomic E-state index is 6.53. The number of furan rings is 2. The van der Waals surface area contributed by atoms with E-state index in [-0.39, 0.29) is 0 Å². The molecule has 0 unspecified atom stereocenters. The van der Waals surface area contributed by atoms with E-state index in [0.717, 1.165) is 60.9 Å². The van der Waals surface area contributed by atoms with E-state index >= 15 is 0 Å². The number of benzene rings is 7. The fraction of sp³-hybridized carbons (Fsp3) is 0. The molecule has 0 aliphatic heterocycles. The topological polar surface area (TPSA) is 29.5 Å². The van der Waals surface area contributed by atoms with Gasteiger partial charge >= 0.3 is 0 Å². The zero-order valence-corrected chi connectivity index (χ0v) is 24.4. The first-order valence-corrected chi connectivity index (χ1v) is 15.2. The first-order chi connectivity index (χ1) is 22.3. The van der Waals surface area contributed by atoms with Crippen molar-refractivity contribution in [2.24, 2.45) is 0 Å². The Morgan fingerprint density at radius 2 is 0.756 bits per heavy atom. The third-order valence-corrected chi connectivity index (χ3v) is 8.68. The van der Waals surface area contributed by atoms with Gasteiger partial charge in [0, 0.05) is 44.7 Å². The highest BCUT2D eigenvalue weighted by molar-refractivity contribution is 6.25. The second-order valence-corrected chi connectivity index (χ2v) is 11.4. The molecule has 212 valence electrons. The minimum atomic E-state index is 0.840. The molecule has 0 amide bonds. The van der Waals surface area contributed by atoms with E-state index in [1.807, 2.05) is 36.4 Å². The van der Waals surface area contributed by atoms with E-state index in [1.54, 1.807) is 0 Å². The van der Waals surface area contributed by atoms with Crippen molar-refractivity contribution in [1.82, 2.24) is 0 Å². The van der Waals surface area contributed by atoms with Crippen LogP contribution >= 0.6 is 0 Å². The molecule has 3 heteroatoms. The van der Waals surface area contributed by atoms with Crippen molar-refractivity contribution < 1.29 is 8.83 Å². The summed E-state index contributed by atoms with van der Waals surface area (Å²) < 4.78 is 12.7.